The van der Waals surface area contributed by atoms with Gasteiger partial charge in [-0.2, -0.15) is 5.10 Å². The number of carbonyl (C=O) groups is 1. The summed E-state index contributed by atoms with van der Waals surface area (Å²) in [5.41, 5.74) is 4.84. The third-order valence-electron chi connectivity index (χ3n) is 2.85. The molecule has 2 N–H and O–H groups in total. The maximum Gasteiger partial charge on any atom is 0.244 e. The molecule has 0 bridgehead atoms. The minimum absolute atomic E-state index is 0.122. The summed E-state index contributed by atoms with van der Waals surface area (Å²) in [5, 5.41) is 14.1. The maximum absolute atomic E-state index is 11.7. The molecular formula is C16H15ClN2O2. The first-order chi connectivity index (χ1) is 10.0. The molecule has 0 atom stereocenters. The average molecular weight is 303 g/mol. The molecule has 1 amide bonds. The molecule has 0 radical (unpaired) electrons. The Balaban J connectivity index is 1.93. The van der Waals surface area contributed by atoms with Crippen molar-refractivity contribution >= 4 is 23.7 Å². The molecule has 0 unspecified atom stereocenters. The van der Waals surface area contributed by atoms with Gasteiger partial charge in [-0.25, -0.2) is 5.43 Å². The van der Waals surface area contributed by atoms with Gasteiger partial charge >= 0.3 is 0 Å². The van der Waals surface area contributed by atoms with Crippen LogP contribution in [0.15, 0.2) is 47.6 Å². The lowest BCUT2D eigenvalue weighted by atomic mass is 10.1. The minimum Gasteiger partial charge on any atom is -0.507 e. The Labute approximate surface area is 128 Å². The Morgan fingerprint density at radius 3 is 2.71 bits per heavy atom. The van der Waals surface area contributed by atoms with Gasteiger partial charge in [-0.15, -0.1) is 0 Å². The van der Waals surface area contributed by atoms with E-state index in [0.717, 1.165) is 11.1 Å². The molecule has 0 aliphatic rings. The van der Waals surface area contributed by atoms with Crippen LogP contribution >= 0.6 is 11.6 Å². The Hall–Kier alpha value is -2.33. The van der Waals surface area contributed by atoms with Crippen LogP contribution in [0.4, 0.5) is 0 Å². The Morgan fingerprint density at radius 2 is 2.00 bits per heavy atom. The number of aryl methyl sites for hydroxylation is 1. The first kappa shape index (κ1) is 15.1. The van der Waals surface area contributed by atoms with Crippen molar-refractivity contribution in [2.45, 2.75) is 13.3 Å². The zero-order valence-corrected chi connectivity index (χ0v) is 12.3. The molecule has 0 saturated heterocycles. The maximum atomic E-state index is 11.7. The highest BCUT2D eigenvalue weighted by atomic mass is 35.5. The molecule has 2 aromatic rings. The average Bonchev–Trinajstić information content (AvgIpc) is 2.45. The third kappa shape index (κ3) is 4.61. The largest absolute Gasteiger partial charge is 0.507 e. The normalized spacial score (nSPS) is 10.8. The predicted octanol–water partition coefficient (Wildman–Crippen LogP) is 3.05. The zero-order valence-electron chi connectivity index (χ0n) is 11.5. The summed E-state index contributed by atoms with van der Waals surface area (Å²) in [4.78, 5) is 11.7. The van der Waals surface area contributed by atoms with Crippen LogP contribution in [0.5, 0.6) is 5.75 Å². The molecule has 0 heterocycles. The number of nitrogens with zero attached hydrogens (tertiary/aromatic N) is 1. The Kier molecular flexibility index (Phi) is 4.95. The van der Waals surface area contributed by atoms with Gasteiger partial charge < -0.3 is 5.11 Å². The van der Waals surface area contributed by atoms with Crippen molar-refractivity contribution in [2.24, 2.45) is 5.10 Å². The second-order valence-electron chi connectivity index (χ2n) is 4.66. The van der Waals surface area contributed by atoms with Crippen LogP contribution < -0.4 is 5.43 Å². The second kappa shape index (κ2) is 6.90. The molecule has 0 saturated carbocycles. The van der Waals surface area contributed by atoms with Gasteiger partial charge in [-0.1, -0.05) is 35.4 Å². The van der Waals surface area contributed by atoms with Gasteiger partial charge in [-0.05, 0) is 36.8 Å². The van der Waals surface area contributed by atoms with Gasteiger partial charge in [0.2, 0.25) is 5.91 Å². The molecule has 0 aromatic heterocycles. The van der Waals surface area contributed by atoms with E-state index in [4.69, 9.17) is 11.6 Å². The molecule has 0 fully saturated rings. The smallest absolute Gasteiger partial charge is 0.244 e. The van der Waals surface area contributed by atoms with E-state index in [0.29, 0.717) is 10.6 Å². The van der Waals surface area contributed by atoms with Gasteiger partial charge in [0.1, 0.15) is 5.75 Å². The molecule has 108 valence electrons. The SMILES string of the molecule is Cc1ccc(O)c(/C=N/NC(=O)Cc2ccc(Cl)cc2)c1. The van der Waals surface area contributed by atoms with Crippen LogP contribution in [-0.4, -0.2) is 17.2 Å². The lowest BCUT2D eigenvalue weighted by Gasteiger charge is -2.02. The molecule has 4 nitrogen and oxygen atoms in total. The number of benzene rings is 2. The van der Waals surface area contributed by atoms with Crippen molar-refractivity contribution in [1.29, 1.82) is 0 Å². The summed E-state index contributed by atoms with van der Waals surface area (Å²) >= 11 is 5.78. The highest BCUT2D eigenvalue weighted by Gasteiger charge is 2.02. The van der Waals surface area contributed by atoms with E-state index < -0.39 is 0 Å². The quantitative estimate of drug-likeness (QED) is 0.673. The van der Waals surface area contributed by atoms with Crippen LogP contribution in [0.1, 0.15) is 16.7 Å². The summed E-state index contributed by atoms with van der Waals surface area (Å²) in [5.74, 6) is -0.114. The number of hydrogen-bond donors (Lipinski definition) is 2. The van der Waals surface area contributed by atoms with Gasteiger partial charge in [-0.3, -0.25) is 4.79 Å². The molecule has 2 rings (SSSR count). The van der Waals surface area contributed by atoms with E-state index in [1.165, 1.54) is 6.21 Å². The highest BCUT2D eigenvalue weighted by molar-refractivity contribution is 6.30. The number of hydrazone groups is 1. The van der Waals surface area contributed by atoms with Gasteiger partial charge in [0.05, 0.1) is 12.6 Å². The van der Waals surface area contributed by atoms with Crippen LogP contribution in [-0.2, 0) is 11.2 Å². The summed E-state index contributed by atoms with van der Waals surface area (Å²) in [7, 11) is 0. The lowest BCUT2D eigenvalue weighted by molar-refractivity contribution is -0.120. The highest BCUT2D eigenvalue weighted by Crippen LogP contribution is 2.15. The van der Waals surface area contributed by atoms with Gasteiger partial charge in [0, 0.05) is 10.6 Å². The first-order valence-electron chi connectivity index (χ1n) is 6.40. The van der Waals surface area contributed by atoms with Gasteiger partial charge in [0.25, 0.3) is 0 Å². The van der Waals surface area contributed by atoms with Crippen molar-refractivity contribution < 1.29 is 9.90 Å². The van der Waals surface area contributed by atoms with E-state index in [1.807, 2.05) is 6.92 Å². The number of nitrogens with one attached hydrogen (secondary N) is 1. The number of halogens is 1. The van der Waals surface area contributed by atoms with Crippen molar-refractivity contribution in [3.63, 3.8) is 0 Å². The zero-order chi connectivity index (χ0) is 15.2. The molecule has 2 aromatic carbocycles. The van der Waals surface area contributed by atoms with E-state index in [-0.39, 0.29) is 18.1 Å². The lowest BCUT2D eigenvalue weighted by Crippen LogP contribution is -2.19. The molecule has 5 heteroatoms. The number of amides is 1. The molecular weight excluding hydrogens is 288 g/mol. The summed E-state index contributed by atoms with van der Waals surface area (Å²) < 4.78 is 0. The summed E-state index contributed by atoms with van der Waals surface area (Å²) in [6.07, 6.45) is 1.64. The monoisotopic (exact) mass is 302 g/mol. The molecule has 0 aliphatic heterocycles. The fourth-order valence-electron chi connectivity index (χ4n) is 1.78. The van der Waals surface area contributed by atoms with Crippen LogP contribution in [0.2, 0.25) is 5.02 Å². The first-order valence-corrected chi connectivity index (χ1v) is 6.78. The topological polar surface area (TPSA) is 61.7 Å². The summed E-state index contributed by atoms with van der Waals surface area (Å²) in [6, 6.07) is 12.2. The van der Waals surface area contributed by atoms with Crippen molar-refractivity contribution in [2.75, 3.05) is 0 Å². The number of rotatable bonds is 4. The van der Waals surface area contributed by atoms with Crippen molar-refractivity contribution in [1.82, 2.24) is 5.43 Å². The molecule has 0 aliphatic carbocycles. The fraction of sp³-hybridized carbons (Fsp3) is 0.125. The Bertz CT molecular complexity index is 666. The predicted molar refractivity (Wildman–Crippen MR) is 83.7 cm³/mol. The number of carbonyl (C=O) groups excluding carboxylic acids is 1. The summed E-state index contributed by atoms with van der Waals surface area (Å²) in [6.45, 7) is 1.91. The molecule has 0 spiro atoms. The second-order valence-corrected chi connectivity index (χ2v) is 5.10. The minimum atomic E-state index is -0.235. The number of phenols is 1. The number of phenolic OH excluding ortho intramolecular Hbond substituents is 1. The van der Waals surface area contributed by atoms with Crippen LogP contribution in [0.3, 0.4) is 0 Å². The number of aromatic hydroxyl groups is 1. The van der Waals surface area contributed by atoms with Crippen molar-refractivity contribution in [3.05, 3.63) is 64.2 Å². The molecule has 21 heavy (non-hydrogen) atoms. The van der Waals surface area contributed by atoms with E-state index in [2.05, 4.69) is 10.5 Å². The van der Waals surface area contributed by atoms with E-state index in [9.17, 15) is 9.90 Å². The van der Waals surface area contributed by atoms with Crippen LogP contribution in [0, 0.1) is 6.92 Å². The standard InChI is InChI=1S/C16H15ClN2O2/c1-11-2-7-15(20)13(8-11)10-18-19-16(21)9-12-3-5-14(17)6-4-12/h2-8,10,20H,9H2,1H3,(H,19,21)/b18-10+. The number of hydrogen-bond acceptors (Lipinski definition) is 3. The Morgan fingerprint density at radius 1 is 1.29 bits per heavy atom. The van der Waals surface area contributed by atoms with Gasteiger partial charge in [0.15, 0.2) is 0 Å². The third-order valence-corrected chi connectivity index (χ3v) is 3.11. The van der Waals surface area contributed by atoms with E-state index >= 15 is 0 Å². The van der Waals surface area contributed by atoms with Crippen LogP contribution in [0.25, 0.3) is 0 Å². The van der Waals surface area contributed by atoms with Crippen molar-refractivity contribution in [3.8, 4) is 5.75 Å². The fourth-order valence-corrected chi connectivity index (χ4v) is 1.90. The van der Waals surface area contributed by atoms with E-state index in [1.54, 1.807) is 42.5 Å².